The molecule has 1 aromatic heterocycles. The highest BCUT2D eigenvalue weighted by Gasteiger charge is 2.10. The summed E-state index contributed by atoms with van der Waals surface area (Å²) >= 11 is 0. The first kappa shape index (κ1) is 14.1. The molecule has 0 aliphatic rings. The molecule has 0 fully saturated rings. The fourth-order valence-corrected chi connectivity index (χ4v) is 1.92. The Balaban J connectivity index is 2.57. The van der Waals surface area contributed by atoms with Crippen molar-refractivity contribution in [3.63, 3.8) is 0 Å². The first-order valence-corrected chi connectivity index (χ1v) is 6.01. The molecule has 0 unspecified atom stereocenters. The van der Waals surface area contributed by atoms with Gasteiger partial charge in [-0.3, -0.25) is 4.79 Å². The second kappa shape index (κ2) is 5.75. The van der Waals surface area contributed by atoms with Crippen LogP contribution in [0.3, 0.4) is 0 Å². The van der Waals surface area contributed by atoms with E-state index in [4.69, 9.17) is 9.47 Å². The summed E-state index contributed by atoms with van der Waals surface area (Å²) in [6.07, 6.45) is 0. The highest BCUT2D eigenvalue weighted by atomic mass is 16.5. The molecule has 0 atom stereocenters. The van der Waals surface area contributed by atoms with E-state index in [1.807, 2.05) is 6.07 Å². The number of benzene rings is 1. The number of methoxy groups -OCH3 is 2. The van der Waals surface area contributed by atoms with Crippen molar-refractivity contribution in [1.82, 2.24) is 9.78 Å². The van der Waals surface area contributed by atoms with Crippen molar-refractivity contribution in [3.05, 3.63) is 40.2 Å². The fraction of sp³-hybridized carbons (Fsp3) is 0.286. The van der Waals surface area contributed by atoms with E-state index in [0.717, 1.165) is 5.56 Å². The van der Waals surface area contributed by atoms with Crippen molar-refractivity contribution in [3.8, 4) is 22.8 Å². The molecule has 2 rings (SSSR count). The zero-order chi connectivity index (χ0) is 14.7. The zero-order valence-electron chi connectivity index (χ0n) is 11.6. The number of hydrogen-bond acceptors (Lipinski definition) is 5. The lowest BCUT2D eigenvalue weighted by molar-refractivity contribution is 0.279. The number of aryl methyl sites for hydroxylation is 1. The lowest BCUT2D eigenvalue weighted by Gasteiger charge is -2.10. The van der Waals surface area contributed by atoms with E-state index in [1.54, 1.807) is 39.5 Å². The number of hydrogen-bond donors (Lipinski definition) is 1. The van der Waals surface area contributed by atoms with Crippen LogP contribution in [0.15, 0.2) is 29.1 Å². The third-order valence-electron chi connectivity index (χ3n) is 2.99. The summed E-state index contributed by atoms with van der Waals surface area (Å²) in [5, 5.41) is 13.4. The summed E-state index contributed by atoms with van der Waals surface area (Å²) in [5.41, 5.74) is 1.34. The quantitative estimate of drug-likeness (QED) is 0.900. The third kappa shape index (κ3) is 2.50. The molecule has 0 bridgehead atoms. The van der Waals surface area contributed by atoms with Crippen LogP contribution in [-0.2, 0) is 13.7 Å². The number of aliphatic hydroxyl groups is 1. The molecule has 0 radical (unpaired) electrons. The molecular weight excluding hydrogens is 260 g/mol. The Hall–Kier alpha value is -2.34. The Morgan fingerprint density at radius 3 is 2.50 bits per heavy atom. The summed E-state index contributed by atoms with van der Waals surface area (Å²) in [4.78, 5) is 11.7. The molecule has 0 saturated carbocycles. The van der Waals surface area contributed by atoms with Crippen molar-refractivity contribution >= 4 is 0 Å². The Morgan fingerprint density at radius 1 is 1.20 bits per heavy atom. The van der Waals surface area contributed by atoms with Gasteiger partial charge in [-0.1, -0.05) is 0 Å². The Labute approximate surface area is 116 Å². The SMILES string of the molecule is COc1ccc(-c2cc(CO)c(=O)n(C)n2)cc1OC. The minimum Gasteiger partial charge on any atom is -0.493 e. The van der Waals surface area contributed by atoms with Gasteiger partial charge in [-0.15, -0.1) is 0 Å². The third-order valence-corrected chi connectivity index (χ3v) is 2.99. The van der Waals surface area contributed by atoms with Crippen LogP contribution < -0.4 is 15.0 Å². The summed E-state index contributed by atoms with van der Waals surface area (Å²) in [7, 11) is 4.66. The molecule has 0 aliphatic heterocycles. The molecular formula is C14H16N2O4. The summed E-state index contributed by atoms with van der Waals surface area (Å²) in [6.45, 7) is -0.324. The molecule has 2 aromatic rings. The molecule has 1 heterocycles. The number of aliphatic hydroxyl groups excluding tert-OH is 1. The van der Waals surface area contributed by atoms with Gasteiger partial charge in [0, 0.05) is 18.2 Å². The zero-order valence-corrected chi connectivity index (χ0v) is 11.6. The first-order chi connectivity index (χ1) is 9.60. The van der Waals surface area contributed by atoms with Crippen LogP contribution >= 0.6 is 0 Å². The van der Waals surface area contributed by atoms with E-state index in [0.29, 0.717) is 22.8 Å². The largest absolute Gasteiger partial charge is 0.493 e. The molecule has 1 N–H and O–H groups in total. The molecule has 0 amide bonds. The number of ether oxygens (including phenoxy) is 2. The van der Waals surface area contributed by atoms with Crippen LogP contribution in [0.4, 0.5) is 0 Å². The highest BCUT2D eigenvalue weighted by molar-refractivity contribution is 5.64. The van der Waals surface area contributed by atoms with E-state index in [-0.39, 0.29) is 12.2 Å². The van der Waals surface area contributed by atoms with Gasteiger partial charge < -0.3 is 14.6 Å². The molecule has 6 nitrogen and oxygen atoms in total. The predicted molar refractivity (Wildman–Crippen MR) is 73.9 cm³/mol. The van der Waals surface area contributed by atoms with Crippen molar-refractivity contribution in [1.29, 1.82) is 0 Å². The van der Waals surface area contributed by atoms with Crippen LogP contribution in [0.2, 0.25) is 0 Å². The molecule has 20 heavy (non-hydrogen) atoms. The number of nitrogens with zero attached hydrogens (tertiary/aromatic N) is 2. The lowest BCUT2D eigenvalue weighted by Crippen LogP contribution is -2.23. The molecule has 106 valence electrons. The van der Waals surface area contributed by atoms with Crippen molar-refractivity contribution in [2.75, 3.05) is 14.2 Å². The Bertz CT molecular complexity index is 679. The maximum Gasteiger partial charge on any atom is 0.272 e. The van der Waals surface area contributed by atoms with Crippen molar-refractivity contribution in [2.24, 2.45) is 7.05 Å². The highest BCUT2D eigenvalue weighted by Crippen LogP contribution is 2.31. The average Bonchev–Trinajstić information content (AvgIpc) is 2.49. The van der Waals surface area contributed by atoms with Gasteiger partial charge in [0.2, 0.25) is 0 Å². The smallest absolute Gasteiger partial charge is 0.272 e. The Kier molecular flexibility index (Phi) is 4.05. The number of aromatic nitrogens is 2. The van der Waals surface area contributed by atoms with E-state index in [9.17, 15) is 9.90 Å². The summed E-state index contributed by atoms with van der Waals surface area (Å²) in [5.74, 6) is 1.19. The van der Waals surface area contributed by atoms with E-state index in [1.165, 1.54) is 4.68 Å². The maximum absolute atomic E-state index is 11.7. The van der Waals surface area contributed by atoms with E-state index < -0.39 is 0 Å². The van der Waals surface area contributed by atoms with Crippen molar-refractivity contribution in [2.45, 2.75) is 6.61 Å². The summed E-state index contributed by atoms with van der Waals surface area (Å²) in [6, 6.07) is 6.92. The molecule has 0 spiro atoms. The second-order valence-electron chi connectivity index (χ2n) is 4.21. The second-order valence-corrected chi connectivity index (χ2v) is 4.21. The monoisotopic (exact) mass is 276 g/mol. The minimum absolute atomic E-state index is 0.298. The minimum atomic E-state index is -0.324. The van der Waals surface area contributed by atoms with E-state index in [2.05, 4.69) is 5.10 Å². The lowest BCUT2D eigenvalue weighted by atomic mass is 10.1. The van der Waals surface area contributed by atoms with Gasteiger partial charge in [-0.2, -0.15) is 5.10 Å². The van der Waals surface area contributed by atoms with Gasteiger partial charge in [0.15, 0.2) is 11.5 Å². The van der Waals surface area contributed by atoms with Crippen molar-refractivity contribution < 1.29 is 14.6 Å². The van der Waals surface area contributed by atoms with Gasteiger partial charge in [-0.05, 0) is 24.3 Å². The normalized spacial score (nSPS) is 10.4. The number of rotatable bonds is 4. The standard InChI is InChI=1S/C14H16N2O4/c1-16-14(18)10(8-17)6-11(15-16)9-4-5-12(19-2)13(7-9)20-3/h4-7,17H,8H2,1-3H3. The molecule has 0 aliphatic carbocycles. The topological polar surface area (TPSA) is 73.6 Å². The average molecular weight is 276 g/mol. The van der Waals surface area contributed by atoms with Gasteiger partial charge in [0.05, 0.1) is 26.5 Å². The van der Waals surface area contributed by atoms with Gasteiger partial charge in [0.25, 0.3) is 5.56 Å². The molecule has 0 saturated heterocycles. The predicted octanol–water partition coefficient (Wildman–Crippen LogP) is 0.957. The summed E-state index contributed by atoms with van der Waals surface area (Å²) < 4.78 is 11.6. The van der Waals surface area contributed by atoms with Crippen LogP contribution in [-0.4, -0.2) is 29.1 Å². The van der Waals surface area contributed by atoms with Gasteiger partial charge in [-0.25, -0.2) is 4.68 Å². The maximum atomic E-state index is 11.7. The van der Waals surface area contributed by atoms with Crippen LogP contribution in [0.1, 0.15) is 5.56 Å². The van der Waals surface area contributed by atoms with E-state index >= 15 is 0 Å². The first-order valence-electron chi connectivity index (χ1n) is 6.01. The molecule has 6 heteroatoms. The molecule has 1 aromatic carbocycles. The van der Waals surface area contributed by atoms with Crippen LogP contribution in [0, 0.1) is 0 Å². The van der Waals surface area contributed by atoms with Crippen LogP contribution in [0.25, 0.3) is 11.3 Å². The van der Waals surface area contributed by atoms with Gasteiger partial charge >= 0.3 is 0 Å². The van der Waals surface area contributed by atoms with Gasteiger partial charge in [0.1, 0.15) is 0 Å². The van der Waals surface area contributed by atoms with Crippen LogP contribution in [0.5, 0.6) is 11.5 Å². The fourth-order valence-electron chi connectivity index (χ4n) is 1.92. The Morgan fingerprint density at radius 2 is 1.90 bits per heavy atom.